The van der Waals surface area contributed by atoms with Crippen molar-refractivity contribution in [2.24, 2.45) is 5.73 Å². The quantitative estimate of drug-likeness (QED) is 0.641. The Bertz CT molecular complexity index is 666. The summed E-state index contributed by atoms with van der Waals surface area (Å²) in [6, 6.07) is 23.6. The molecule has 0 bridgehead atoms. The molecular weight excluding hydrogens is 338 g/mol. The Balaban J connectivity index is 0.000000359. The van der Waals surface area contributed by atoms with Crippen LogP contribution in [-0.4, -0.2) is 30.2 Å². The predicted octanol–water partition coefficient (Wildman–Crippen LogP) is 4.33. The molecule has 1 aromatic heterocycles. The standard InChI is InChI=1S/C8H10.C7H9N.C6H5NO2.CH5N/c1-2-8-6-4-3-5-7-8;1-8-7-5-3-2-4-6-7;8-6(9)5-2-1-3-7-4-5;1-2/h3-7H,2H2,1H3;2-6,8H,1H3;1-4H,(H,8,9);2H2,1H3. The molecular formula is C22H29N3O2. The lowest BCUT2D eigenvalue weighted by Crippen LogP contribution is -1.94. The molecule has 5 nitrogen and oxygen atoms in total. The highest BCUT2D eigenvalue weighted by Crippen LogP contribution is 2.01. The molecule has 0 saturated carbocycles. The molecule has 0 aliphatic heterocycles. The maximum atomic E-state index is 10.2. The van der Waals surface area contributed by atoms with E-state index < -0.39 is 5.97 Å². The predicted molar refractivity (Wildman–Crippen MR) is 113 cm³/mol. The zero-order valence-electron chi connectivity index (χ0n) is 16.2. The number of anilines is 1. The van der Waals surface area contributed by atoms with Crippen LogP contribution >= 0.6 is 0 Å². The molecule has 0 fully saturated rings. The number of pyridine rings is 1. The van der Waals surface area contributed by atoms with Crippen molar-refractivity contribution in [3.05, 3.63) is 96.3 Å². The maximum Gasteiger partial charge on any atom is 0.337 e. The average molecular weight is 367 g/mol. The molecule has 0 spiro atoms. The number of carbonyl (C=O) groups is 1. The van der Waals surface area contributed by atoms with Crippen LogP contribution < -0.4 is 11.1 Å². The number of nitrogens with one attached hydrogen (secondary N) is 1. The Morgan fingerprint density at radius 1 is 0.963 bits per heavy atom. The van der Waals surface area contributed by atoms with Crippen LogP contribution in [-0.2, 0) is 6.42 Å². The summed E-state index contributed by atoms with van der Waals surface area (Å²) in [7, 11) is 3.41. The van der Waals surface area contributed by atoms with Crippen molar-refractivity contribution in [1.82, 2.24) is 4.98 Å². The fourth-order valence-electron chi connectivity index (χ4n) is 1.81. The minimum absolute atomic E-state index is 0.220. The summed E-state index contributed by atoms with van der Waals surface area (Å²) in [4.78, 5) is 13.8. The van der Waals surface area contributed by atoms with Crippen LogP contribution in [0.15, 0.2) is 85.2 Å². The van der Waals surface area contributed by atoms with Crippen molar-refractivity contribution in [2.45, 2.75) is 13.3 Å². The van der Waals surface area contributed by atoms with Crippen LogP contribution in [0, 0.1) is 0 Å². The minimum atomic E-state index is -0.942. The number of hydrogen-bond acceptors (Lipinski definition) is 4. The number of hydrogen-bond donors (Lipinski definition) is 3. The summed E-state index contributed by atoms with van der Waals surface area (Å²) in [5.74, 6) is -0.942. The molecule has 27 heavy (non-hydrogen) atoms. The Kier molecular flexibility index (Phi) is 14.4. The molecule has 3 rings (SSSR count). The van der Waals surface area contributed by atoms with Crippen LogP contribution in [0.25, 0.3) is 0 Å². The monoisotopic (exact) mass is 367 g/mol. The first-order chi connectivity index (χ1) is 13.2. The molecule has 3 aromatic rings. The van der Waals surface area contributed by atoms with Crippen molar-refractivity contribution < 1.29 is 9.90 Å². The van der Waals surface area contributed by atoms with Crippen molar-refractivity contribution in [1.29, 1.82) is 0 Å². The summed E-state index contributed by atoms with van der Waals surface area (Å²) in [6.07, 6.45) is 3.98. The van der Waals surface area contributed by atoms with Gasteiger partial charge in [0.15, 0.2) is 0 Å². The fourth-order valence-corrected chi connectivity index (χ4v) is 1.81. The van der Waals surface area contributed by atoms with E-state index in [0.29, 0.717) is 0 Å². The van der Waals surface area contributed by atoms with Gasteiger partial charge in [0.05, 0.1) is 5.56 Å². The van der Waals surface area contributed by atoms with Crippen LogP contribution in [0.1, 0.15) is 22.8 Å². The zero-order chi connectivity index (χ0) is 20.3. The number of nitrogens with two attached hydrogens (primary N) is 1. The summed E-state index contributed by atoms with van der Waals surface area (Å²) in [6.45, 7) is 2.16. The number of aromatic carboxylic acids is 1. The lowest BCUT2D eigenvalue weighted by molar-refractivity contribution is 0.0696. The van der Waals surface area contributed by atoms with Gasteiger partial charge in [0.25, 0.3) is 0 Å². The summed E-state index contributed by atoms with van der Waals surface area (Å²) < 4.78 is 0. The molecule has 1 heterocycles. The molecule has 0 aliphatic carbocycles. The van der Waals surface area contributed by atoms with Crippen molar-refractivity contribution in [3.8, 4) is 0 Å². The van der Waals surface area contributed by atoms with E-state index in [9.17, 15) is 4.79 Å². The second kappa shape index (κ2) is 16.3. The third-order valence-electron chi connectivity index (χ3n) is 3.22. The fraction of sp³-hybridized carbons (Fsp3) is 0.182. The molecule has 0 atom stereocenters. The molecule has 0 radical (unpaired) electrons. The highest BCUT2D eigenvalue weighted by atomic mass is 16.4. The minimum Gasteiger partial charge on any atom is -0.478 e. The van der Waals surface area contributed by atoms with E-state index in [-0.39, 0.29) is 5.56 Å². The van der Waals surface area contributed by atoms with Gasteiger partial charge in [-0.2, -0.15) is 0 Å². The van der Waals surface area contributed by atoms with Gasteiger partial charge >= 0.3 is 5.97 Å². The Labute approximate surface area is 161 Å². The van der Waals surface area contributed by atoms with E-state index >= 15 is 0 Å². The van der Waals surface area contributed by atoms with E-state index in [2.05, 4.69) is 47.2 Å². The van der Waals surface area contributed by atoms with Crippen LogP contribution in [0.5, 0.6) is 0 Å². The average Bonchev–Trinajstić information content (AvgIpc) is 2.78. The van der Waals surface area contributed by atoms with E-state index in [1.165, 1.54) is 31.1 Å². The number of carboxylic acid groups (broad SMARTS) is 1. The van der Waals surface area contributed by atoms with Gasteiger partial charge in [0.1, 0.15) is 0 Å². The van der Waals surface area contributed by atoms with E-state index in [1.807, 2.05) is 43.4 Å². The SMILES string of the molecule is CCc1ccccc1.CN.CNc1ccccc1.O=C(O)c1cccnc1. The number of aromatic nitrogens is 1. The van der Waals surface area contributed by atoms with Gasteiger partial charge in [0.2, 0.25) is 0 Å². The van der Waals surface area contributed by atoms with E-state index in [0.717, 1.165) is 12.1 Å². The van der Waals surface area contributed by atoms with Crippen molar-refractivity contribution >= 4 is 11.7 Å². The highest BCUT2D eigenvalue weighted by Gasteiger charge is 1.97. The number of nitrogens with zero attached hydrogens (tertiary/aromatic N) is 1. The summed E-state index contributed by atoms with van der Waals surface area (Å²) >= 11 is 0. The third-order valence-corrected chi connectivity index (χ3v) is 3.22. The zero-order valence-corrected chi connectivity index (χ0v) is 16.2. The normalized spacial score (nSPS) is 8.44. The molecule has 0 amide bonds. The van der Waals surface area contributed by atoms with Crippen LogP contribution in [0.4, 0.5) is 5.69 Å². The number of carboxylic acids is 1. The Morgan fingerprint density at radius 2 is 1.52 bits per heavy atom. The maximum absolute atomic E-state index is 10.2. The highest BCUT2D eigenvalue weighted by molar-refractivity contribution is 5.86. The lowest BCUT2D eigenvalue weighted by Gasteiger charge is -1.94. The van der Waals surface area contributed by atoms with E-state index in [4.69, 9.17) is 5.11 Å². The second-order valence-corrected chi connectivity index (χ2v) is 5.00. The van der Waals surface area contributed by atoms with Gasteiger partial charge in [-0.05, 0) is 43.3 Å². The summed E-state index contributed by atoms with van der Waals surface area (Å²) in [5, 5.41) is 11.4. The molecule has 4 N–H and O–H groups in total. The van der Waals surface area contributed by atoms with Crippen LogP contribution in [0.3, 0.4) is 0 Å². The molecule has 144 valence electrons. The molecule has 2 aromatic carbocycles. The smallest absolute Gasteiger partial charge is 0.337 e. The Hall–Kier alpha value is -3.18. The first kappa shape index (κ1) is 23.8. The number of benzene rings is 2. The van der Waals surface area contributed by atoms with Gasteiger partial charge in [-0.25, -0.2) is 4.79 Å². The first-order valence-corrected chi connectivity index (χ1v) is 8.65. The van der Waals surface area contributed by atoms with Crippen molar-refractivity contribution in [2.75, 3.05) is 19.4 Å². The second-order valence-electron chi connectivity index (χ2n) is 5.00. The number of para-hydroxylation sites is 1. The first-order valence-electron chi connectivity index (χ1n) is 8.65. The van der Waals surface area contributed by atoms with Crippen LogP contribution in [0.2, 0.25) is 0 Å². The lowest BCUT2D eigenvalue weighted by atomic mass is 10.2. The van der Waals surface area contributed by atoms with Gasteiger partial charge in [0, 0.05) is 25.1 Å². The number of rotatable bonds is 3. The van der Waals surface area contributed by atoms with Crippen molar-refractivity contribution in [3.63, 3.8) is 0 Å². The molecule has 0 aliphatic rings. The Morgan fingerprint density at radius 3 is 1.81 bits per heavy atom. The third kappa shape index (κ3) is 11.9. The van der Waals surface area contributed by atoms with E-state index in [1.54, 1.807) is 6.07 Å². The molecule has 0 saturated heterocycles. The topological polar surface area (TPSA) is 88.2 Å². The van der Waals surface area contributed by atoms with Gasteiger partial charge in [-0.15, -0.1) is 0 Å². The van der Waals surface area contributed by atoms with Gasteiger partial charge in [-0.1, -0.05) is 55.5 Å². The molecule has 5 heteroatoms. The largest absolute Gasteiger partial charge is 0.478 e. The molecule has 0 unspecified atom stereocenters. The van der Waals surface area contributed by atoms with Gasteiger partial charge in [-0.3, -0.25) is 4.98 Å². The number of aryl methyl sites for hydroxylation is 1. The summed E-state index contributed by atoms with van der Waals surface area (Å²) in [5.41, 5.74) is 7.29. The van der Waals surface area contributed by atoms with Gasteiger partial charge < -0.3 is 16.2 Å².